The van der Waals surface area contributed by atoms with Gasteiger partial charge in [-0.05, 0) is 32.0 Å². The second kappa shape index (κ2) is 4.03. The third-order valence-corrected chi connectivity index (χ3v) is 3.45. The van der Waals surface area contributed by atoms with Crippen molar-refractivity contribution in [3.05, 3.63) is 23.9 Å². The summed E-state index contributed by atoms with van der Waals surface area (Å²) in [4.78, 5) is 16.2. The minimum atomic E-state index is -0.311. The van der Waals surface area contributed by atoms with Crippen LogP contribution in [0.5, 0.6) is 0 Å². The van der Waals surface area contributed by atoms with Crippen molar-refractivity contribution in [2.24, 2.45) is 0 Å². The molecule has 0 unspecified atom stereocenters. The van der Waals surface area contributed by atoms with Crippen LogP contribution in [0.3, 0.4) is 0 Å². The molecule has 3 heterocycles. The van der Waals surface area contributed by atoms with Crippen LogP contribution in [-0.2, 0) is 10.2 Å². The van der Waals surface area contributed by atoms with Crippen LogP contribution in [0.2, 0.25) is 0 Å². The molecule has 16 heavy (non-hydrogen) atoms. The molecule has 0 aliphatic carbocycles. The summed E-state index contributed by atoms with van der Waals surface area (Å²) in [5, 5.41) is 6.17. The highest BCUT2D eigenvalue weighted by Gasteiger charge is 2.47. The Morgan fingerprint density at radius 1 is 1.31 bits per heavy atom. The first-order chi connectivity index (χ1) is 7.33. The van der Waals surface area contributed by atoms with Gasteiger partial charge in [-0.3, -0.25) is 4.79 Å². The summed E-state index contributed by atoms with van der Waals surface area (Å²) >= 11 is 0. The SMILES string of the molecule is Cl.O=C1Nc2ncccc2C12CCNCC2. The highest BCUT2D eigenvalue weighted by molar-refractivity contribution is 6.05. The normalized spacial score (nSPS) is 21.1. The predicted molar refractivity (Wildman–Crippen MR) is 63.9 cm³/mol. The number of nitrogens with one attached hydrogen (secondary N) is 2. The van der Waals surface area contributed by atoms with Gasteiger partial charge in [-0.15, -0.1) is 12.4 Å². The Bertz CT molecular complexity index is 415. The van der Waals surface area contributed by atoms with Gasteiger partial charge in [-0.1, -0.05) is 6.07 Å². The van der Waals surface area contributed by atoms with Gasteiger partial charge in [-0.25, -0.2) is 4.98 Å². The van der Waals surface area contributed by atoms with Gasteiger partial charge in [0.2, 0.25) is 5.91 Å². The zero-order valence-electron chi connectivity index (χ0n) is 8.82. The molecule has 0 atom stereocenters. The molecular weight excluding hydrogens is 226 g/mol. The van der Waals surface area contributed by atoms with Gasteiger partial charge >= 0.3 is 0 Å². The van der Waals surface area contributed by atoms with Crippen LogP contribution < -0.4 is 10.6 Å². The maximum Gasteiger partial charge on any atom is 0.236 e. The number of carbonyl (C=O) groups excluding carboxylic acids is 1. The molecule has 4 nitrogen and oxygen atoms in total. The Kier molecular flexibility index (Phi) is 2.86. The van der Waals surface area contributed by atoms with Crippen LogP contribution >= 0.6 is 12.4 Å². The summed E-state index contributed by atoms with van der Waals surface area (Å²) in [6.45, 7) is 1.81. The lowest BCUT2D eigenvalue weighted by molar-refractivity contribution is -0.121. The van der Waals surface area contributed by atoms with Gasteiger partial charge in [-0.2, -0.15) is 0 Å². The van der Waals surface area contributed by atoms with Gasteiger partial charge in [0.15, 0.2) is 0 Å². The number of anilines is 1. The number of hydrogen-bond acceptors (Lipinski definition) is 3. The number of aromatic nitrogens is 1. The highest BCUT2D eigenvalue weighted by atomic mass is 35.5. The van der Waals surface area contributed by atoms with E-state index in [1.54, 1.807) is 6.20 Å². The van der Waals surface area contributed by atoms with E-state index in [2.05, 4.69) is 15.6 Å². The molecule has 86 valence electrons. The molecule has 5 heteroatoms. The van der Waals surface area contributed by atoms with Crippen LogP contribution in [0.15, 0.2) is 18.3 Å². The molecule has 1 fully saturated rings. The minimum absolute atomic E-state index is 0. The number of piperidine rings is 1. The Morgan fingerprint density at radius 3 is 2.81 bits per heavy atom. The van der Waals surface area contributed by atoms with Crippen LogP contribution in [0.4, 0.5) is 5.82 Å². The fourth-order valence-corrected chi connectivity index (χ4v) is 2.59. The molecule has 0 saturated carbocycles. The number of pyridine rings is 1. The second-order valence-corrected chi connectivity index (χ2v) is 4.19. The lowest BCUT2D eigenvalue weighted by atomic mass is 9.75. The third kappa shape index (κ3) is 1.41. The van der Waals surface area contributed by atoms with E-state index in [4.69, 9.17) is 0 Å². The Morgan fingerprint density at radius 2 is 2.06 bits per heavy atom. The summed E-state index contributed by atoms with van der Waals surface area (Å²) in [6.07, 6.45) is 3.47. The molecule has 0 radical (unpaired) electrons. The fourth-order valence-electron chi connectivity index (χ4n) is 2.59. The number of hydrogen-bond donors (Lipinski definition) is 2. The van der Waals surface area contributed by atoms with Gasteiger partial charge in [0.25, 0.3) is 0 Å². The van der Waals surface area contributed by atoms with E-state index in [1.165, 1.54) is 0 Å². The molecular formula is C11H14ClN3O. The first-order valence-electron chi connectivity index (χ1n) is 5.31. The van der Waals surface area contributed by atoms with E-state index in [0.29, 0.717) is 0 Å². The first-order valence-corrected chi connectivity index (χ1v) is 5.31. The molecule has 1 saturated heterocycles. The highest BCUT2D eigenvalue weighted by Crippen LogP contribution is 2.42. The number of carbonyl (C=O) groups is 1. The maximum atomic E-state index is 12.0. The van der Waals surface area contributed by atoms with Gasteiger partial charge in [0.1, 0.15) is 5.82 Å². The van der Waals surface area contributed by atoms with E-state index in [0.717, 1.165) is 37.3 Å². The lowest BCUT2D eigenvalue weighted by Crippen LogP contribution is -2.44. The zero-order valence-corrected chi connectivity index (χ0v) is 9.64. The first kappa shape index (κ1) is 11.4. The van der Waals surface area contributed by atoms with E-state index in [9.17, 15) is 4.79 Å². The Balaban J connectivity index is 0.000000963. The average molecular weight is 240 g/mol. The maximum absolute atomic E-state index is 12.0. The van der Waals surface area contributed by atoms with Gasteiger partial charge in [0, 0.05) is 11.8 Å². The molecule has 2 aliphatic heterocycles. The van der Waals surface area contributed by atoms with Crippen LogP contribution in [0, 0.1) is 0 Å². The molecule has 1 amide bonds. The van der Waals surface area contributed by atoms with Gasteiger partial charge < -0.3 is 10.6 Å². The molecule has 3 rings (SSSR count). The molecule has 0 bridgehead atoms. The standard InChI is InChI=1S/C11H13N3O.ClH/c15-10-11(3-6-12-7-4-11)8-2-1-5-13-9(8)14-10;/h1-2,5,12H,3-4,6-7H2,(H,13,14,15);1H. The van der Waals surface area contributed by atoms with Gasteiger partial charge in [0.05, 0.1) is 5.41 Å². The van der Waals surface area contributed by atoms with Crippen LogP contribution in [0.1, 0.15) is 18.4 Å². The third-order valence-electron chi connectivity index (χ3n) is 3.45. The number of rotatable bonds is 0. The van der Waals surface area contributed by atoms with Crippen molar-refractivity contribution in [2.75, 3.05) is 18.4 Å². The largest absolute Gasteiger partial charge is 0.317 e. The number of amides is 1. The second-order valence-electron chi connectivity index (χ2n) is 4.19. The van der Waals surface area contributed by atoms with Crippen molar-refractivity contribution >= 4 is 24.1 Å². The molecule has 1 spiro atoms. The van der Waals surface area contributed by atoms with E-state index in [-0.39, 0.29) is 23.7 Å². The molecule has 2 aliphatic rings. The number of halogens is 1. The van der Waals surface area contributed by atoms with Crippen molar-refractivity contribution in [3.8, 4) is 0 Å². The number of nitrogens with zero attached hydrogens (tertiary/aromatic N) is 1. The van der Waals surface area contributed by atoms with Crippen molar-refractivity contribution in [1.82, 2.24) is 10.3 Å². The van der Waals surface area contributed by atoms with Crippen molar-refractivity contribution in [3.63, 3.8) is 0 Å². The number of fused-ring (bicyclic) bond motifs is 2. The average Bonchev–Trinajstić information content (AvgIpc) is 2.55. The summed E-state index contributed by atoms with van der Waals surface area (Å²) in [5.74, 6) is 0.877. The van der Waals surface area contributed by atoms with Crippen molar-refractivity contribution in [2.45, 2.75) is 18.3 Å². The fraction of sp³-hybridized carbons (Fsp3) is 0.455. The Hall–Kier alpha value is -1.13. The van der Waals surface area contributed by atoms with Crippen molar-refractivity contribution in [1.29, 1.82) is 0 Å². The van der Waals surface area contributed by atoms with E-state index in [1.807, 2.05) is 12.1 Å². The molecule has 1 aromatic heterocycles. The zero-order chi connectivity index (χ0) is 10.3. The summed E-state index contributed by atoms with van der Waals surface area (Å²) in [7, 11) is 0. The molecule has 1 aromatic rings. The Labute approximate surface area is 100 Å². The van der Waals surface area contributed by atoms with E-state index >= 15 is 0 Å². The lowest BCUT2D eigenvalue weighted by Gasteiger charge is -2.31. The topological polar surface area (TPSA) is 54.0 Å². The summed E-state index contributed by atoms with van der Waals surface area (Å²) in [5.41, 5.74) is 0.769. The van der Waals surface area contributed by atoms with E-state index < -0.39 is 0 Å². The molecule has 0 aromatic carbocycles. The van der Waals surface area contributed by atoms with Crippen LogP contribution in [-0.4, -0.2) is 24.0 Å². The van der Waals surface area contributed by atoms with Crippen molar-refractivity contribution < 1.29 is 4.79 Å². The monoisotopic (exact) mass is 239 g/mol. The summed E-state index contributed by atoms with van der Waals surface area (Å²) in [6, 6.07) is 3.93. The predicted octanol–water partition coefficient (Wildman–Crippen LogP) is 1.08. The quantitative estimate of drug-likeness (QED) is 0.712. The van der Waals surface area contributed by atoms with Crippen LogP contribution in [0.25, 0.3) is 0 Å². The molecule has 2 N–H and O–H groups in total. The minimum Gasteiger partial charge on any atom is -0.317 e. The smallest absolute Gasteiger partial charge is 0.236 e. The summed E-state index contributed by atoms with van der Waals surface area (Å²) < 4.78 is 0.